The van der Waals surface area contributed by atoms with Gasteiger partial charge in [-0.15, -0.1) is 0 Å². The maximum absolute atomic E-state index is 13.6. The highest BCUT2D eigenvalue weighted by Crippen LogP contribution is 2.24. The summed E-state index contributed by atoms with van der Waals surface area (Å²) in [5.41, 5.74) is 5.69. The Morgan fingerprint density at radius 2 is 2.11 bits per heavy atom. The summed E-state index contributed by atoms with van der Waals surface area (Å²) in [6, 6.07) is 2.18. The number of anilines is 1. The summed E-state index contributed by atoms with van der Waals surface area (Å²) in [4.78, 5) is 0. The van der Waals surface area contributed by atoms with Crippen LogP contribution in [0.3, 0.4) is 0 Å². The van der Waals surface area contributed by atoms with Gasteiger partial charge in [-0.3, -0.25) is 0 Å². The molecule has 0 saturated heterocycles. The van der Waals surface area contributed by atoms with Crippen LogP contribution in [0.25, 0.3) is 0 Å². The summed E-state index contributed by atoms with van der Waals surface area (Å²) in [7, 11) is 1.58. The van der Waals surface area contributed by atoms with E-state index in [4.69, 9.17) is 10.5 Å². The molecular weight excluding hydrogens is 306 g/mol. The molecule has 1 aromatic rings. The summed E-state index contributed by atoms with van der Waals surface area (Å²) in [6.45, 7) is 1.01. The standard InChI is InChI=1S/C12H17BrF2N2O/c1-18-7-8(3-2-4-16)17-12-5-9(13)10(14)6-11(12)15/h5-6,8,17H,2-4,7,16H2,1H3. The van der Waals surface area contributed by atoms with E-state index in [1.165, 1.54) is 6.07 Å². The summed E-state index contributed by atoms with van der Waals surface area (Å²) < 4.78 is 31.9. The number of nitrogens with one attached hydrogen (secondary N) is 1. The fraction of sp³-hybridized carbons (Fsp3) is 0.500. The molecule has 0 aliphatic heterocycles. The molecule has 0 saturated carbocycles. The molecule has 6 heteroatoms. The van der Waals surface area contributed by atoms with Gasteiger partial charge in [-0.25, -0.2) is 8.78 Å². The average Bonchev–Trinajstić information content (AvgIpc) is 2.33. The molecule has 18 heavy (non-hydrogen) atoms. The average molecular weight is 323 g/mol. The van der Waals surface area contributed by atoms with Crippen LogP contribution in [0.5, 0.6) is 0 Å². The molecule has 0 heterocycles. The van der Waals surface area contributed by atoms with Crippen LogP contribution in [-0.2, 0) is 4.74 Å². The molecule has 0 fully saturated rings. The molecule has 0 aliphatic carbocycles. The van der Waals surface area contributed by atoms with E-state index in [1.807, 2.05) is 0 Å². The Hall–Kier alpha value is -0.720. The van der Waals surface area contributed by atoms with Crippen molar-refractivity contribution in [2.75, 3.05) is 25.6 Å². The summed E-state index contributed by atoms with van der Waals surface area (Å²) in [5.74, 6) is -1.24. The zero-order valence-corrected chi connectivity index (χ0v) is 11.8. The number of methoxy groups -OCH3 is 1. The number of benzene rings is 1. The van der Waals surface area contributed by atoms with Crippen LogP contribution in [0.15, 0.2) is 16.6 Å². The molecular formula is C12H17BrF2N2O. The van der Waals surface area contributed by atoms with Crippen molar-refractivity contribution >= 4 is 21.6 Å². The molecule has 0 spiro atoms. The molecule has 0 radical (unpaired) electrons. The lowest BCUT2D eigenvalue weighted by Gasteiger charge is -2.19. The van der Waals surface area contributed by atoms with Crippen molar-refractivity contribution in [2.45, 2.75) is 18.9 Å². The van der Waals surface area contributed by atoms with Gasteiger partial charge in [-0.05, 0) is 41.4 Å². The molecule has 3 nitrogen and oxygen atoms in total. The van der Waals surface area contributed by atoms with Crippen molar-refractivity contribution < 1.29 is 13.5 Å². The third-order valence-electron chi connectivity index (χ3n) is 2.49. The predicted molar refractivity (Wildman–Crippen MR) is 71.6 cm³/mol. The summed E-state index contributed by atoms with van der Waals surface area (Å²) in [6.07, 6.45) is 1.57. The number of ether oxygens (including phenoxy) is 1. The first kappa shape index (κ1) is 15.3. The third-order valence-corrected chi connectivity index (χ3v) is 3.10. The smallest absolute Gasteiger partial charge is 0.149 e. The fourth-order valence-corrected chi connectivity index (χ4v) is 1.96. The first-order valence-electron chi connectivity index (χ1n) is 5.68. The van der Waals surface area contributed by atoms with Gasteiger partial charge in [0.2, 0.25) is 0 Å². The third kappa shape index (κ3) is 4.51. The number of rotatable bonds is 7. The van der Waals surface area contributed by atoms with Crippen molar-refractivity contribution in [1.29, 1.82) is 0 Å². The Morgan fingerprint density at radius 1 is 1.39 bits per heavy atom. The second kappa shape index (κ2) is 7.66. The summed E-state index contributed by atoms with van der Waals surface area (Å²) >= 11 is 3.03. The van der Waals surface area contributed by atoms with Crippen molar-refractivity contribution in [1.82, 2.24) is 0 Å². The van der Waals surface area contributed by atoms with Gasteiger partial charge in [0.05, 0.1) is 16.8 Å². The Morgan fingerprint density at radius 3 is 2.72 bits per heavy atom. The monoisotopic (exact) mass is 322 g/mol. The number of halogens is 3. The lowest BCUT2D eigenvalue weighted by atomic mass is 10.1. The predicted octanol–water partition coefficient (Wildman–Crippen LogP) is 2.89. The van der Waals surface area contributed by atoms with Crippen LogP contribution >= 0.6 is 15.9 Å². The van der Waals surface area contributed by atoms with Gasteiger partial charge in [0.15, 0.2) is 0 Å². The quantitative estimate of drug-likeness (QED) is 0.759. The largest absolute Gasteiger partial charge is 0.383 e. The topological polar surface area (TPSA) is 47.3 Å². The van der Waals surface area contributed by atoms with E-state index >= 15 is 0 Å². The second-order valence-electron chi connectivity index (χ2n) is 3.97. The van der Waals surface area contributed by atoms with E-state index in [-0.39, 0.29) is 16.2 Å². The molecule has 102 valence electrons. The minimum atomic E-state index is -0.622. The highest BCUT2D eigenvalue weighted by molar-refractivity contribution is 9.10. The molecule has 1 unspecified atom stereocenters. The van der Waals surface area contributed by atoms with Crippen molar-refractivity contribution in [3.8, 4) is 0 Å². The molecule has 3 N–H and O–H groups in total. The van der Waals surface area contributed by atoms with Crippen molar-refractivity contribution in [3.63, 3.8) is 0 Å². The minimum absolute atomic E-state index is 0.0505. The highest BCUT2D eigenvalue weighted by atomic mass is 79.9. The Balaban J connectivity index is 2.76. The minimum Gasteiger partial charge on any atom is -0.383 e. The molecule has 1 atom stereocenters. The first-order chi connectivity index (χ1) is 8.58. The van der Waals surface area contributed by atoms with Crippen molar-refractivity contribution in [2.24, 2.45) is 5.73 Å². The van der Waals surface area contributed by atoms with Crippen LogP contribution < -0.4 is 11.1 Å². The number of nitrogens with two attached hydrogens (primary N) is 1. The maximum Gasteiger partial charge on any atom is 0.149 e. The normalized spacial score (nSPS) is 12.5. The number of hydrogen-bond donors (Lipinski definition) is 2. The van der Waals surface area contributed by atoms with E-state index in [9.17, 15) is 8.78 Å². The fourth-order valence-electron chi connectivity index (χ4n) is 1.62. The zero-order chi connectivity index (χ0) is 13.5. The lowest BCUT2D eigenvalue weighted by Crippen LogP contribution is -2.26. The van der Waals surface area contributed by atoms with Crippen LogP contribution in [0.1, 0.15) is 12.8 Å². The summed E-state index contributed by atoms with van der Waals surface area (Å²) in [5, 5.41) is 3.00. The van der Waals surface area contributed by atoms with Gasteiger partial charge >= 0.3 is 0 Å². The Kier molecular flexibility index (Phi) is 6.52. The second-order valence-corrected chi connectivity index (χ2v) is 4.83. The molecule has 0 aromatic heterocycles. The van der Waals surface area contributed by atoms with E-state index in [1.54, 1.807) is 7.11 Å². The SMILES string of the molecule is COCC(CCCN)Nc1cc(Br)c(F)cc1F. The van der Waals surface area contributed by atoms with Crippen LogP contribution in [0.4, 0.5) is 14.5 Å². The molecule has 0 amide bonds. The molecule has 0 aliphatic rings. The van der Waals surface area contributed by atoms with Gasteiger partial charge in [0.1, 0.15) is 11.6 Å². The number of hydrogen-bond acceptors (Lipinski definition) is 3. The zero-order valence-electron chi connectivity index (χ0n) is 10.2. The van der Waals surface area contributed by atoms with E-state index < -0.39 is 11.6 Å². The van der Waals surface area contributed by atoms with Crippen LogP contribution in [-0.4, -0.2) is 26.3 Å². The molecule has 0 bridgehead atoms. The van der Waals surface area contributed by atoms with E-state index in [2.05, 4.69) is 21.2 Å². The first-order valence-corrected chi connectivity index (χ1v) is 6.47. The maximum atomic E-state index is 13.6. The van der Waals surface area contributed by atoms with Crippen LogP contribution in [0.2, 0.25) is 0 Å². The van der Waals surface area contributed by atoms with Crippen molar-refractivity contribution in [3.05, 3.63) is 28.2 Å². The Bertz CT molecular complexity index is 391. The molecule has 1 rings (SSSR count). The highest BCUT2D eigenvalue weighted by Gasteiger charge is 2.13. The van der Waals surface area contributed by atoms with E-state index in [0.717, 1.165) is 18.9 Å². The van der Waals surface area contributed by atoms with Gasteiger partial charge < -0.3 is 15.8 Å². The van der Waals surface area contributed by atoms with Gasteiger partial charge in [-0.1, -0.05) is 0 Å². The van der Waals surface area contributed by atoms with E-state index in [0.29, 0.717) is 13.2 Å². The van der Waals surface area contributed by atoms with Crippen LogP contribution in [0, 0.1) is 11.6 Å². The van der Waals surface area contributed by atoms with Gasteiger partial charge in [-0.2, -0.15) is 0 Å². The Labute approximate surface area is 114 Å². The van der Waals surface area contributed by atoms with Gasteiger partial charge in [0, 0.05) is 19.2 Å². The molecule has 1 aromatic carbocycles. The lowest BCUT2D eigenvalue weighted by molar-refractivity contribution is 0.182. The van der Waals surface area contributed by atoms with Gasteiger partial charge in [0.25, 0.3) is 0 Å².